The Hall–Kier alpha value is -1.34. The summed E-state index contributed by atoms with van der Waals surface area (Å²) in [5.74, 6) is -1.02. The summed E-state index contributed by atoms with van der Waals surface area (Å²) in [4.78, 5) is 27.6. The van der Waals surface area contributed by atoms with E-state index in [9.17, 15) is 14.7 Å². The summed E-state index contributed by atoms with van der Waals surface area (Å²) in [5, 5.41) is 12.0. The lowest BCUT2D eigenvalue weighted by Crippen LogP contribution is -2.59. The van der Waals surface area contributed by atoms with Crippen LogP contribution in [0, 0.1) is 0 Å². The monoisotopic (exact) mass is 285 g/mol. The highest BCUT2D eigenvalue weighted by Gasteiger charge is 2.45. The maximum Gasteiger partial charge on any atom is 0.332 e. The molecular weight excluding hydrogens is 262 g/mol. The molecule has 2 saturated heterocycles. The molecule has 7 heteroatoms. The number of urea groups is 1. The highest BCUT2D eigenvalue weighted by molar-refractivity contribution is 5.87. The van der Waals surface area contributed by atoms with E-state index in [0.717, 1.165) is 19.4 Å². The van der Waals surface area contributed by atoms with Crippen LogP contribution < -0.4 is 5.32 Å². The van der Waals surface area contributed by atoms with Crippen LogP contribution in [0.3, 0.4) is 0 Å². The van der Waals surface area contributed by atoms with E-state index in [1.807, 2.05) is 19.0 Å². The van der Waals surface area contributed by atoms with Gasteiger partial charge in [-0.25, -0.2) is 9.59 Å². The number of carboxylic acids is 1. The van der Waals surface area contributed by atoms with Crippen molar-refractivity contribution in [1.82, 2.24) is 15.1 Å². The second kappa shape index (κ2) is 5.97. The molecule has 0 saturated carbocycles. The molecule has 0 aromatic carbocycles. The maximum atomic E-state index is 12.4. The van der Waals surface area contributed by atoms with E-state index in [4.69, 9.17) is 4.74 Å². The van der Waals surface area contributed by atoms with Gasteiger partial charge in [-0.3, -0.25) is 0 Å². The number of nitrogens with zero attached hydrogens (tertiary/aromatic N) is 2. The highest BCUT2D eigenvalue weighted by Crippen LogP contribution is 2.22. The number of ether oxygens (including phenoxy) is 1. The molecule has 2 fully saturated rings. The number of carbonyl (C=O) groups excluding carboxylic acids is 1. The average Bonchev–Trinajstić information content (AvgIpc) is 2.98. The van der Waals surface area contributed by atoms with Gasteiger partial charge in [0.05, 0.1) is 6.61 Å². The SMILES string of the molecule is CN(C)CC1CCCN1C(=O)NC1(C(=O)O)CCOC1. The standard InChI is InChI=1S/C13H23N3O4/c1-15(2)8-10-4-3-6-16(10)12(19)14-13(11(17)18)5-7-20-9-13/h10H,3-9H2,1-2H3,(H,14,19)(H,17,18). The summed E-state index contributed by atoms with van der Waals surface area (Å²) >= 11 is 0. The molecule has 0 aromatic heterocycles. The number of nitrogens with one attached hydrogen (secondary N) is 1. The average molecular weight is 285 g/mol. The number of likely N-dealkylation sites (tertiary alicyclic amines) is 1. The molecule has 0 radical (unpaired) electrons. The molecule has 2 amide bonds. The van der Waals surface area contributed by atoms with Gasteiger partial charge in [-0.05, 0) is 26.9 Å². The van der Waals surface area contributed by atoms with E-state index in [1.165, 1.54) is 0 Å². The van der Waals surface area contributed by atoms with Crippen LogP contribution in [0.5, 0.6) is 0 Å². The van der Waals surface area contributed by atoms with Gasteiger partial charge < -0.3 is 25.0 Å². The van der Waals surface area contributed by atoms with E-state index in [-0.39, 0.29) is 18.7 Å². The van der Waals surface area contributed by atoms with Crippen molar-refractivity contribution >= 4 is 12.0 Å². The van der Waals surface area contributed by atoms with Crippen LogP contribution in [-0.2, 0) is 9.53 Å². The molecule has 2 aliphatic heterocycles. The Kier molecular flexibility index (Phi) is 4.49. The van der Waals surface area contributed by atoms with Crippen molar-refractivity contribution in [2.24, 2.45) is 0 Å². The van der Waals surface area contributed by atoms with Crippen molar-refractivity contribution in [1.29, 1.82) is 0 Å². The second-order valence-corrected chi connectivity index (χ2v) is 5.87. The first-order chi connectivity index (χ1) is 9.44. The minimum absolute atomic E-state index is 0.0419. The first kappa shape index (κ1) is 15.1. The quantitative estimate of drug-likeness (QED) is 0.758. The fourth-order valence-corrected chi connectivity index (χ4v) is 2.88. The molecule has 114 valence electrons. The smallest absolute Gasteiger partial charge is 0.332 e. The van der Waals surface area contributed by atoms with Crippen molar-refractivity contribution in [2.75, 3.05) is 40.4 Å². The van der Waals surface area contributed by atoms with Crippen LogP contribution in [0.2, 0.25) is 0 Å². The fourth-order valence-electron chi connectivity index (χ4n) is 2.88. The lowest BCUT2D eigenvalue weighted by atomic mass is 9.99. The van der Waals surface area contributed by atoms with E-state index in [1.54, 1.807) is 4.90 Å². The molecule has 2 aliphatic rings. The number of hydrogen-bond donors (Lipinski definition) is 2. The largest absolute Gasteiger partial charge is 0.479 e. The predicted molar refractivity (Wildman–Crippen MR) is 72.6 cm³/mol. The van der Waals surface area contributed by atoms with Crippen molar-refractivity contribution in [2.45, 2.75) is 30.8 Å². The van der Waals surface area contributed by atoms with Gasteiger partial charge in [-0.15, -0.1) is 0 Å². The molecular formula is C13H23N3O4. The number of aliphatic carboxylic acids is 1. The third-order valence-corrected chi connectivity index (χ3v) is 3.99. The summed E-state index contributed by atoms with van der Waals surface area (Å²) in [6, 6.07) is -0.139. The van der Waals surface area contributed by atoms with E-state index in [2.05, 4.69) is 5.32 Å². The Morgan fingerprint density at radius 1 is 1.50 bits per heavy atom. The lowest BCUT2D eigenvalue weighted by molar-refractivity contribution is -0.144. The topological polar surface area (TPSA) is 82.1 Å². The normalized spacial score (nSPS) is 29.9. The third kappa shape index (κ3) is 3.04. The summed E-state index contributed by atoms with van der Waals surface area (Å²) in [7, 11) is 3.94. The van der Waals surface area contributed by atoms with Gasteiger partial charge in [0.2, 0.25) is 0 Å². The van der Waals surface area contributed by atoms with Gasteiger partial charge in [-0.1, -0.05) is 0 Å². The molecule has 20 heavy (non-hydrogen) atoms. The van der Waals surface area contributed by atoms with E-state index < -0.39 is 11.5 Å². The fraction of sp³-hybridized carbons (Fsp3) is 0.846. The Labute approximate surface area is 118 Å². The molecule has 0 bridgehead atoms. The summed E-state index contributed by atoms with van der Waals surface area (Å²) < 4.78 is 5.15. The highest BCUT2D eigenvalue weighted by atomic mass is 16.5. The number of rotatable bonds is 4. The molecule has 2 N–H and O–H groups in total. The lowest BCUT2D eigenvalue weighted by Gasteiger charge is -2.31. The zero-order valence-electron chi connectivity index (χ0n) is 12.1. The first-order valence-electron chi connectivity index (χ1n) is 6.99. The van der Waals surface area contributed by atoms with Crippen molar-refractivity contribution in [3.63, 3.8) is 0 Å². The molecule has 7 nitrogen and oxygen atoms in total. The molecule has 0 aliphatic carbocycles. The van der Waals surface area contributed by atoms with Crippen LogP contribution in [0.15, 0.2) is 0 Å². The maximum absolute atomic E-state index is 12.4. The van der Waals surface area contributed by atoms with Crippen molar-refractivity contribution in [3.8, 4) is 0 Å². The molecule has 2 atom stereocenters. The summed E-state index contributed by atoms with van der Waals surface area (Å²) in [6.45, 7) is 1.89. The van der Waals surface area contributed by atoms with Crippen LogP contribution in [-0.4, -0.2) is 78.9 Å². The summed E-state index contributed by atoms with van der Waals surface area (Å²) in [6.07, 6.45) is 2.24. The molecule has 0 aromatic rings. The van der Waals surface area contributed by atoms with Crippen molar-refractivity contribution in [3.05, 3.63) is 0 Å². The van der Waals surface area contributed by atoms with Crippen LogP contribution in [0.25, 0.3) is 0 Å². The molecule has 2 heterocycles. The number of likely N-dealkylation sites (N-methyl/N-ethyl adjacent to an activating group) is 1. The van der Waals surface area contributed by atoms with Crippen LogP contribution in [0.1, 0.15) is 19.3 Å². The molecule has 2 unspecified atom stereocenters. The first-order valence-corrected chi connectivity index (χ1v) is 6.99. The molecule has 0 spiro atoms. The van der Waals surface area contributed by atoms with E-state index >= 15 is 0 Å². The molecule has 2 rings (SSSR count). The van der Waals surface area contributed by atoms with Gasteiger partial charge in [0.1, 0.15) is 0 Å². The van der Waals surface area contributed by atoms with Crippen LogP contribution in [0.4, 0.5) is 4.79 Å². The van der Waals surface area contributed by atoms with Gasteiger partial charge in [-0.2, -0.15) is 0 Å². The van der Waals surface area contributed by atoms with Crippen molar-refractivity contribution < 1.29 is 19.4 Å². The number of carbonyl (C=O) groups is 2. The van der Waals surface area contributed by atoms with Gasteiger partial charge >= 0.3 is 12.0 Å². The zero-order valence-corrected chi connectivity index (χ0v) is 12.1. The van der Waals surface area contributed by atoms with Gasteiger partial charge in [0.15, 0.2) is 5.54 Å². The summed E-state index contributed by atoms with van der Waals surface area (Å²) in [5.41, 5.74) is -1.26. The van der Waals surface area contributed by atoms with Crippen LogP contribution >= 0.6 is 0 Å². The Morgan fingerprint density at radius 3 is 2.80 bits per heavy atom. The zero-order chi connectivity index (χ0) is 14.8. The minimum atomic E-state index is -1.26. The minimum Gasteiger partial charge on any atom is -0.479 e. The van der Waals surface area contributed by atoms with E-state index in [0.29, 0.717) is 19.6 Å². The number of amides is 2. The second-order valence-electron chi connectivity index (χ2n) is 5.87. The van der Waals surface area contributed by atoms with Gasteiger partial charge in [0, 0.05) is 32.2 Å². The third-order valence-electron chi connectivity index (χ3n) is 3.99. The Balaban J connectivity index is 2.01. The Morgan fingerprint density at radius 2 is 2.25 bits per heavy atom. The van der Waals surface area contributed by atoms with Gasteiger partial charge in [0.25, 0.3) is 0 Å². The Bertz CT molecular complexity index is 380. The number of hydrogen-bond acceptors (Lipinski definition) is 4. The predicted octanol–water partition coefficient (Wildman–Crippen LogP) is -0.0343. The number of carboxylic acid groups (broad SMARTS) is 1.